The molecule has 6 rings (SSSR count). The fraction of sp³-hybridized carbons (Fsp3) is 0.133. The first-order valence-electron chi connectivity index (χ1n) is 12.5. The summed E-state index contributed by atoms with van der Waals surface area (Å²) < 4.78 is 0.785. The molecule has 9 nitrogen and oxygen atoms in total. The molecule has 0 saturated carbocycles. The summed E-state index contributed by atoms with van der Waals surface area (Å²) >= 11 is 3.36. The van der Waals surface area contributed by atoms with E-state index in [1.165, 1.54) is 24.3 Å². The minimum absolute atomic E-state index is 0.179. The number of benzene rings is 3. The molecule has 2 saturated heterocycles. The molecule has 3 aromatic carbocycles. The highest BCUT2D eigenvalue weighted by molar-refractivity contribution is 9.10. The van der Waals surface area contributed by atoms with E-state index < -0.39 is 40.7 Å². The molecule has 0 spiro atoms. The smallest absolute Gasteiger partial charge is 0.269 e. The number of hydrogen-bond acceptors (Lipinski definition) is 7. The van der Waals surface area contributed by atoms with Crippen LogP contribution in [0.3, 0.4) is 0 Å². The summed E-state index contributed by atoms with van der Waals surface area (Å²) in [6, 6.07) is 18.9. The summed E-state index contributed by atoms with van der Waals surface area (Å²) in [6.45, 7) is 0. The first-order chi connectivity index (χ1) is 19.3. The molecule has 2 fully saturated rings. The van der Waals surface area contributed by atoms with Gasteiger partial charge in [0.2, 0.25) is 11.8 Å². The van der Waals surface area contributed by atoms with Crippen LogP contribution in [-0.4, -0.2) is 45.3 Å². The average Bonchev–Trinajstić information content (AvgIpc) is 3.44. The molecule has 0 unspecified atom stereocenters. The second kappa shape index (κ2) is 9.80. The van der Waals surface area contributed by atoms with Crippen LogP contribution in [-0.2, 0) is 9.59 Å². The fourth-order valence-electron chi connectivity index (χ4n) is 5.72. The van der Waals surface area contributed by atoms with Gasteiger partial charge >= 0.3 is 0 Å². The van der Waals surface area contributed by atoms with Crippen LogP contribution >= 0.6 is 15.9 Å². The van der Waals surface area contributed by atoms with Crippen molar-refractivity contribution in [3.8, 4) is 0 Å². The van der Waals surface area contributed by atoms with Crippen LogP contribution in [0.1, 0.15) is 20.7 Å². The number of allylic oxidation sites excluding steroid dienone is 2. The first kappa shape index (κ1) is 25.6. The Morgan fingerprint density at radius 3 is 2.12 bits per heavy atom. The summed E-state index contributed by atoms with van der Waals surface area (Å²) in [5.41, 5.74) is 1.22. The largest absolute Gasteiger partial charge is 0.359 e. The molecule has 3 aliphatic heterocycles. The Hall–Kier alpha value is -4.70. The number of anilines is 1. The van der Waals surface area contributed by atoms with Crippen molar-refractivity contribution in [1.29, 1.82) is 0 Å². The topological polar surface area (TPSA) is 118 Å². The van der Waals surface area contributed by atoms with Crippen molar-refractivity contribution < 1.29 is 24.1 Å². The molecule has 3 heterocycles. The van der Waals surface area contributed by atoms with Crippen molar-refractivity contribution in [3.05, 3.63) is 129 Å². The van der Waals surface area contributed by atoms with Gasteiger partial charge in [-0.1, -0.05) is 64.5 Å². The van der Waals surface area contributed by atoms with Crippen molar-refractivity contribution in [1.82, 2.24) is 4.90 Å². The van der Waals surface area contributed by atoms with Crippen LogP contribution in [0, 0.1) is 22.0 Å². The third kappa shape index (κ3) is 4.08. The van der Waals surface area contributed by atoms with Gasteiger partial charge < -0.3 is 4.90 Å². The van der Waals surface area contributed by atoms with Crippen LogP contribution in [0.5, 0.6) is 0 Å². The highest BCUT2D eigenvalue weighted by Crippen LogP contribution is 2.47. The lowest BCUT2D eigenvalue weighted by Crippen LogP contribution is -2.46. The minimum Gasteiger partial charge on any atom is -0.359 e. The van der Waals surface area contributed by atoms with Gasteiger partial charge in [-0.05, 0) is 30.3 Å². The molecular weight excluding hydrogens is 578 g/mol. The van der Waals surface area contributed by atoms with Crippen molar-refractivity contribution in [2.24, 2.45) is 11.8 Å². The van der Waals surface area contributed by atoms with Crippen molar-refractivity contribution in [2.45, 2.75) is 12.1 Å². The van der Waals surface area contributed by atoms with Crippen LogP contribution < -0.4 is 4.90 Å². The number of rotatable bonds is 6. The van der Waals surface area contributed by atoms with Gasteiger partial charge in [-0.15, -0.1) is 0 Å². The summed E-state index contributed by atoms with van der Waals surface area (Å²) in [7, 11) is 0. The third-order valence-electron chi connectivity index (χ3n) is 7.56. The zero-order chi connectivity index (χ0) is 28.1. The Bertz CT molecular complexity index is 1630. The number of imide groups is 1. The molecular formula is C30H20BrN3O6. The molecule has 2 amide bonds. The number of nitro benzene ring substituents is 1. The number of fused-ring (bicyclic) bond motifs is 3. The number of non-ortho nitro benzene ring substituents is 1. The number of ketones is 2. The van der Waals surface area contributed by atoms with E-state index >= 15 is 0 Å². The number of nitro groups is 1. The summed E-state index contributed by atoms with van der Waals surface area (Å²) in [4.78, 5) is 68.1. The van der Waals surface area contributed by atoms with E-state index in [9.17, 15) is 29.3 Å². The zero-order valence-electron chi connectivity index (χ0n) is 20.7. The van der Waals surface area contributed by atoms with Crippen LogP contribution in [0.15, 0.2) is 107 Å². The molecule has 3 aromatic rings. The number of Topliss-reactive ketones (excluding diaryl/α,β-unsaturated/α-hetero) is 2. The molecule has 0 aliphatic carbocycles. The molecule has 0 N–H and O–H groups in total. The van der Waals surface area contributed by atoms with E-state index in [1.807, 2.05) is 0 Å². The van der Waals surface area contributed by atoms with Gasteiger partial charge in [-0.25, -0.2) is 4.90 Å². The van der Waals surface area contributed by atoms with E-state index in [2.05, 4.69) is 15.9 Å². The number of halogens is 1. The maximum absolute atomic E-state index is 13.9. The maximum atomic E-state index is 13.9. The van der Waals surface area contributed by atoms with E-state index in [4.69, 9.17) is 0 Å². The summed E-state index contributed by atoms with van der Waals surface area (Å²) in [6.07, 6.45) is 4.89. The lowest BCUT2D eigenvalue weighted by molar-refractivity contribution is -0.384. The number of carbonyl (C=O) groups is 4. The molecule has 198 valence electrons. The van der Waals surface area contributed by atoms with E-state index in [0.717, 1.165) is 9.37 Å². The molecule has 0 radical (unpaired) electrons. The number of carbonyl (C=O) groups excluding carboxylic acids is 4. The monoisotopic (exact) mass is 597 g/mol. The molecule has 4 atom stereocenters. The number of amides is 2. The predicted octanol–water partition coefficient (Wildman–Crippen LogP) is 4.74. The van der Waals surface area contributed by atoms with Gasteiger partial charge in [0.25, 0.3) is 5.69 Å². The van der Waals surface area contributed by atoms with Gasteiger partial charge in [0.15, 0.2) is 11.6 Å². The summed E-state index contributed by atoms with van der Waals surface area (Å²) in [5.74, 6) is -3.60. The highest BCUT2D eigenvalue weighted by atomic mass is 79.9. The molecule has 3 aliphatic rings. The van der Waals surface area contributed by atoms with Crippen LogP contribution in [0.4, 0.5) is 11.4 Å². The minimum atomic E-state index is -1.02. The highest BCUT2D eigenvalue weighted by Gasteiger charge is 2.63. The van der Waals surface area contributed by atoms with Gasteiger partial charge in [0, 0.05) is 39.5 Å². The molecule has 0 bridgehead atoms. The number of nitrogens with zero attached hydrogens (tertiary/aromatic N) is 3. The lowest BCUT2D eigenvalue weighted by Gasteiger charge is -2.32. The second-order valence-electron chi connectivity index (χ2n) is 9.72. The summed E-state index contributed by atoms with van der Waals surface area (Å²) in [5, 5.41) is 11.1. The third-order valence-corrected chi connectivity index (χ3v) is 8.09. The molecule has 40 heavy (non-hydrogen) atoms. The second-order valence-corrected chi connectivity index (χ2v) is 10.6. The van der Waals surface area contributed by atoms with Gasteiger partial charge in [-0.3, -0.25) is 29.3 Å². The predicted molar refractivity (Wildman–Crippen MR) is 148 cm³/mol. The van der Waals surface area contributed by atoms with E-state index in [0.29, 0.717) is 16.7 Å². The van der Waals surface area contributed by atoms with E-state index in [-0.39, 0.29) is 22.9 Å². The fourth-order valence-corrected chi connectivity index (χ4v) is 5.98. The Labute approximate surface area is 236 Å². The standard InChI is InChI=1S/C30H20BrN3O6/c31-20-8-6-18(7-9-20)28(36)26-25-24(29(37)33(30(25)38)21-10-12-22(13-11-21)34(39)40)23-16-19(14-15-32(23)26)27(35)17-4-2-1-3-5-17/h1-16,23-26H/t23-,24+,25+,26-/m1/s1. The van der Waals surface area contributed by atoms with E-state index in [1.54, 1.807) is 77.8 Å². The molecule has 0 aromatic heterocycles. The van der Waals surface area contributed by atoms with Crippen molar-refractivity contribution in [2.75, 3.05) is 4.90 Å². The van der Waals surface area contributed by atoms with Gasteiger partial charge in [-0.2, -0.15) is 0 Å². The maximum Gasteiger partial charge on any atom is 0.269 e. The number of hydrogen-bond donors (Lipinski definition) is 0. The van der Waals surface area contributed by atoms with Gasteiger partial charge in [0.1, 0.15) is 6.04 Å². The van der Waals surface area contributed by atoms with Gasteiger partial charge in [0.05, 0.1) is 28.5 Å². The van der Waals surface area contributed by atoms with Crippen LogP contribution in [0.25, 0.3) is 0 Å². The quantitative estimate of drug-likeness (QED) is 0.174. The SMILES string of the molecule is O=C(C1=C[C@@H]2[C@@H]3C(=O)N(c4ccc([N+](=O)[O-])cc4)C(=O)[C@@H]3[C@H](C(=O)c3ccc(Br)cc3)N2C=C1)c1ccccc1. The Balaban J connectivity index is 1.42. The Morgan fingerprint density at radius 1 is 0.825 bits per heavy atom. The average molecular weight is 598 g/mol. The lowest BCUT2D eigenvalue weighted by atomic mass is 9.85. The van der Waals surface area contributed by atoms with Crippen molar-refractivity contribution >= 4 is 50.7 Å². The molecule has 10 heteroatoms. The zero-order valence-corrected chi connectivity index (χ0v) is 22.3. The van der Waals surface area contributed by atoms with Crippen molar-refractivity contribution in [3.63, 3.8) is 0 Å². The Kier molecular flexibility index (Phi) is 6.26. The van der Waals surface area contributed by atoms with Crippen LogP contribution in [0.2, 0.25) is 0 Å². The normalized spacial score (nSPS) is 23.1. The Morgan fingerprint density at radius 2 is 1.48 bits per heavy atom. The first-order valence-corrected chi connectivity index (χ1v) is 13.2.